The van der Waals surface area contributed by atoms with Crippen LogP contribution in [0, 0.1) is 17.4 Å². The number of carbonyl (C=O) groups is 1. The Bertz CT molecular complexity index is 1320. The molecule has 2 aromatic rings. The Morgan fingerprint density at radius 3 is 2.71 bits per heavy atom. The molecule has 1 aromatic carbocycles. The first-order valence-electron chi connectivity index (χ1n) is 13.2. The van der Waals surface area contributed by atoms with Crippen molar-refractivity contribution < 1.29 is 18.7 Å². The summed E-state index contributed by atoms with van der Waals surface area (Å²) in [5, 5.41) is 6.36. The number of benzene rings is 1. The van der Waals surface area contributed by atoms with Crippen molar-refractivity contribution in [1.29, 1.82) is 0 Å². The third-order valence-electron chi connectivity index (χ3n) is 6.16. The van der Waals surface area contributed by atoms with Crippen LogP contribution in [0.25, 0.3) is 0 Å². The second kappa shape index (κ2) is 17.5. The van der Waals surface area contributed by atoms with Gasteiger partial charge in [0.15, 0.2) is 0 Å². The van der Waals surface area contributed by atoms with E-state index in [9.17, 15) is 14.0 Å². The molecule has 0 aliphatic heterocycles. The summed E-state index contributed by atoms with van der Waals surface area (Å²) in [4.78, 5) is 34.2. The minimum absolute atomic E-state index is 0.0921. The monoisotopic (exact) mass is 681 g/mol. The van der Waals surface area contributed by atoms with Crippen LogP contribution in [-0.4, -0.2) is 54.8 Å². The third-order valence-corrected chi connectivity index (χ3v) is 12.7. The van der Waals surface area contributed by atoms with Gasteiger partial charge in [-0.3, -0.25) is 0 Å². The first kappa shape index (κ1) is 33.9. The van der Waals surface area contributed by atoms with E-state index in [-0.39, 0.29) is 23.8 Å². The SMILES string of the molecule is C=C(/C(=C\CF)O/C=C\C)I(c1c(C)c(C)c[nH]c1=O)C(NC[C@@H](C)c1ccccc1N=CN)C(=O)OCCNC. The fraction of sp³-hybridized carbons (Fsp3) is 0.367. The van der Waals surface area contributed by atoms with Crippen LogP contribution in [0.3, 0.4) is 0 Å². The number of aliphatic imine (C=N–C) groups is 1. The van der Waals surface area contributed by atoms with Gasteiger partial charge in [0, 0.05) is 0 Å². The molecule has 11 heteroatoms. The van der Waals surface area contributed by atoms with E-state index in [1.165, 1.54) is 18.7 Å². The number of aromatic amines is 1. The quantitative estimate of drug-likeness (QED) is 0.0233. The van der Waals surface area contributed by atoms with Crippen LogP contribution in [0.4, 0.5) is 10.1 Å². The van der Waals surface area contributed by atoms with Crippen LogP contribution < -0.4 is 21.9 Å². The van der Waals surface area contributed by atoms with Crippen LogP contribution in [0.1, 0.15) is 36.5 Å². The van der Waals surface area contributed by atoms with Gasteiger partial charge >= 0.3 is 249 Å². The molecule has 0 saturated carbocycles. The summed E-state index contributed by atoms with van der Waals surface area (Å²) < 4.78 is 25.0. The summed E-state index contributed by atoms with van der Waals surface area (Å²) >= 11 is -3.17. The van der Waals surface area contributed by atoms with Crippen molar-refractivity contribution in [3.8, 4) is 0 Å². The van der Waals surface area contributed by atoms with Gasteiger partial charge in [-0.05, 0) is 0 Å². The number of ether oxygens (including phenoxy) is 2. The molecule has 2 atom stereocenters. The third kappa shape index (κ3) is 9.37. The molecule has 0 aliphatic carbocycles. The van der Waals surface area contributed by atoms with Crippen LogP contribution >= 0.6 is 19.8 Å². The average molecular weight is 682 g/mol. The zero-order valence-electron chi connectivity index (χ0n) is 24.3. The van der Waals surface area contributed by atoms with E-state index in [1.54, 1.807) is 26.2 Å². The topological polar surface area (TPSA) is 131 Å². The van der Waals surface area contributed by atoms with Crippen LogP contribution in [0.5, 0.6) is 0 Å². The molecule has 0 radical (unpaired) electrons. The van der Waals surface area contributed by atoms with Crippen molar-refractivity contribution in [2.45, 2.75) is 37.7 Å². The average Bonchev–Trinajstić information content (AvgIpc) is 2.96. The number of para-hydroxylation sites is 1. The number of halogens is 2. The fourth-order valence-electron chi connectivity index (χ4n) is 3.89. The van der Waals surface area contributed by atoms with Gasteiger partial charge in [0.25, 0.3) is 0 Å². The van der Waals surface area contributed by atoms with Crippen LogP contribution in [0.15, 0.2) is 74.6 Å². The molecular formula is C30H41FIN5O4. The summed E-state index contributed by atoms with van der Waals surface area (Å²) in [6.07, 6.45) is 7.22. The van der Waals surface area contributed by atoms with Crippen molar-refractivity contribution in [3.05, 3.63) is 95.4 Å². The molecule has 0 amide bonds. The Morgan fingerprint density at radius 1 is 1.32 bits per heavy atom. The van der Waals surface area contributed by atoms with E-state index in [0.29, 0.717) is 20.2 Å². The van der Waals surface area contributed by atoms with E-state index in [4.69, 9.17) is 15.2 Å². The van der Waals surface area contributed by atoms with E-state index in [1.807, 2.05) is 45.0 Å². The number of nitrogens with two attached hydrogens (primary N) is 1. The molecule has 41 heavy (non-hydrogen) atoms. The molecule has 9 nitrogen and oxygen atoms in total. The summed E-state index contributed by atoms with van der Waals surface area (Å²) in [6, 6.07) is 7.60. The number of hydrogen-bond acceptors (Lipinski definition) is 7. The maximum atomic E-state index is 13.7. The van der Waals surface area contributed by atoms with E-state index in [0.717, 1.165) is 22.4 Å². The zero-order chi connectivity index (χ0) is 30.4. The number of H-pyrrole nitrogens is 1. The molecule has 0 spiro atoms. The van der Waals surface area contributed by atoms with Gasteiger partial charge in [-0.15, -0.1) is 0 Å². The number of allylic oxidation sites excluding steroid dienone is 3. The number of hydrogen-bond donors (Lipinski definition) is 4. The number of esters is 1. The molecular weight excluding hydrogens is 640 g/mol. The van der Waals surface area contributed by atoms with Crippen molar-refractivity contribution >= 4 is 37.8 Å². The Balaban J connectivity index is 2.67. The van der Waals surface area contributed by atoms with Crippen molar-refractivity contribution in [3.63, 3.8) is 0 Å². The zero-order valence-corrected chi connectivity index (χ0v) is 26.5. The van der Waals surface area contributed by atoms with Gasteiger partial charge in [0.2, 0.25) is 0 Å². The van der Waals surface area contributed by atoms with Crippen LogP contribution in [-0.2, 0) is 14.3 Å². The molecule has 1 aromatic heterocycles. The Hall–Kier alpha value is -3.29. The molecule has 0 bridgehead atoms. The number of alkyl halides is 2. The second-order valence-corrected chi connectivity index (χ2v) is 14.5. The Morgan fingerprint density at radius 2 is 2.05 bits per heavy atom. The van der Waals surface area contributed by atoms with Gasteiger partial charge in [0.1, 0.15) is 0 Å². The van der Waals surface area contributed by atoms with Gasteiger partial charge in [-0.1, -0.05) is 0 Å². The first-order valence-corrected chi connectivity index (χ1v) is 16.6. The predicted octanol–water partition coefficient (Wildman–Crippen LogP) is 4.69. The number of nitrogens with zero attached hydrogens (tertiary/aromatic N) is 1. The summed E-state index contributed by atoms with van der Waals surface area (Å²) in [7, 11) is 1.76. The number of rotatable bonds is 16. The normalized spacial score (nSPS) is 13.8. The predicted molar refractivity (Wildman–Crippen MR) is 172 cm³/mol. The molecule has 224 valence electrons. The number of aromatic nitrogens is 1. The maximum absolute atomic E-state index is 13.7. The van der Waals surface area contributed by atoms with Gasteiger partial charge in [-0.25, -0.2) is 0 Å². The molecule has 1 heterocycles. The number of aryl methyl sites for hydroxylation is 1. The molecule has 0 saturated heterocycles. The molecule has 0 fully saturated rings. The number of carbonyl (C=O) groups excluding carboxylic acids is 1. The second-order valence-electron chi connectivity index (χ2n) is 9.05. The number of pyridine rings is 1. The van der Waals surface area contributed by atoms with E-state index >= 15 is 0 Å². The fourth-order valence-corrected chi connectivity index (χ4v) is 10.2. The molecule has 5 N–H and O–H groups in total. The number of likely N-dealkylation sites (N-methyl/N-ethyl adjacent to an activating group) is 1. The minimum atomic E-state index is -3.17. The van der Waals surface area contributed by atoms with Gasteiger partial charge < -0.3 is 0 Å². The summed E-state index contributed by atoms with van der Waals surface area (Å²) in [5.74, 6) is -0.426. The van der Waals surface area contributed by atoms with Crippen molar-refractivity contribution in [2.24, 2.45) is 10.7 Å². The number of nitrogens with one attached hydrogen (secondary N) is 3. The van der Waals surface area contributed by atoms with E-state index in [2.05, 4.69) is 27.2 Å². The van der Waals surface area contributed by atoms with Crippen molar-refractivity contribution in [1.82, 2.24) is 15.6 Å². The molecule has 0 aliphatic rings. The van der Waals surface area contributed by atoms with E-state index < -0.39 is 36.5 Å². The Kier molecular flexibility index (Phi) is 14.5. The summed E-state index contributed by atoms with van der Waals surface area (Å²) in [5.41, 5.74) is 8.48. The van der Waals surface area contributed by atoms with Gasteiger partial charge in [0.05, 0.1) is 0 Å². The molecule has 1 unspecified atom stereocenters. The molecule has 2 rings (SSSR count). The first-order chi connectivity index (χ1) is 19.7. The van der Waals surface area contributed by atoms with Crippen molar-refractivity contribution in [2.75, 3.05) is 33.4 Å². The summed E-state index contributed by atoms with van der Waals surface area (Å²) in [6.45, 7) is 11.9. The van der Waals surface area contributed by atoms with Crippen LogP contribution in [0.2, 0.25) is 0 Å². The standard InChI is InChI=1S/C30H41FIN5O4/c1-7-15-40-26(12-13-31)23(5)32(27-22(4)20(2)17-36-29(27)38)28(30(39)41-16-14-34-6)35-18-21(3)24-10-8-9-11-25(24)37-19-33/h7-12,15,17,19,21,28,34-35H,5,13-14,16,18H2,1-4,6H3,(H2,33,37)(H,36,38)/b15-7-,26-12+/t21-,28?/m1/s1. The Labute approximate surface area is 248 Å². The van der Waals surface area contributed by atoms with Gasteiger partial charge in [-0.2, -0.15) is 0 Å².